The molecule has 0 radical (unpaired) electrons. The Hall–Kier alpha value is -1.42. The van der Waals surface area contributed by atoms with Crippen LogP contribution in [0, 0.1) is 0 Å². The van der Waals surface area contributed by atoms with Gasteiger partial charge in [-0.15, -0.1) is 0 Å². The molecular formula is C16H26N2O6S2. The normalized spacial score (nSPS) is 18.7. The smallest absolute Gasteiger partial charge is 0.325 e. The standard InChI is InChI=1S/C16H26N2O6S2/c1-10(16(23)24)17-15(22)12(6-7-14(20)21)18-13(19)5-3-2-4-11-8-9-25-26-11/h10-12H,2-9H2,1H3,(H,17,22)(H,18,19)(H,20,21)(H,23,24)/t10?,11?,12-/m0/s1. The Morgan fingerprint density at radius 2 is 1.85 bits per heavy atom. The molecule has 1 fully saturated rings. The van der Waals surface area contributed by atoms with Gasteiger partial charge in [0.1, 0.15) is 12.1 Å². The number of hydrogen-bond acceptors (Lipinski definition) is 6. The molecule has 0 aliphatic carbocycles. The highest BCUT2D eigenvalue weighted by Gasteiger charge is 2.24. The fourth-order valence-corrected chi connectivity index (χ4v) is 5.43. The summed E-state index contributed by atoms with van der Waals surface area (Å²) in [5.41, 5.74) is 0. The quantitative estimate of drug-likeness (QED) is 0.284. The van der Waals surface area contributed by atoms with Gasteiger partial charge in [-0.3, -0.25) is 19.2 Å². The van der Waals surface area contributed by atoms with Gasteiger partial charge in [-0.25, -0.2) is 0 Å². The molecule has 0 bridgehead atoms. The number of hydrogen-bond donors (Lipinski definition) is 4. The molecule has 1 saturated heterocycles. The lowest BCUT2D eigenvalue weighted by molar-refractivity contribution is -0.142. The van der Waals surface area contributed by atoms with Gasteiger partial charge in [-0.1, -0.05) is 28.0 Å². The van der Waals surface area contributed by atoms with E-state index in [-0.39, 0.29) is 25.2 Å². The van der Waals surface area contributed by atoms with Crippen LogP contribution in [-0.4, -0.2) is 57.1 Å². The number of unbranched alkanes of at least 4 members (excludes halogenated alkanes) is 1. The zero-order chi connectivity index (χ0) is 19.5. The van der Waals surface area contributed by atoms with Crippen LogP contribution in [0.3, 0.4) is 0 Å². The third-order valence-electron chi connectivity index (χ3n) is 3.93. The van der Waals surface area contributed by atoms with E-state index in [0.717, 1.165) is 12.8 Å². The molecule has 8 nitrogen and oxygen atoms in total. The van der Waals surface area contributed by atoms with E-state index in [1.807, 2.05) is 21.6 Å². The predicted octanol–water partition coefficient (Wildman–Crippen LogP) is 1.64. The Balaban J connectivity index is 2.41. The molecule has 0 aromatic heterocycles. The number of aliphatic carboxylic acids is 2. The molecule has 1 heterocycles. The van der Waals surface area contributed by atoms with Crippen LogP contribution in [0.15, 0.2) is 0 Å². The fraction of sp³-hybridized carbons (Fsp3) is 0.750. The number of carboxylic acid groups (broad SMARTS) is 2. The van der Waals surface area contributed by atoms with Crippen molar-refractivity contribution in [2.75, 3.05) is 5.75 Å². The van der Waals surface area contributed by atoms with E-state index >= 15 is 0 Å². The zero-order valence-electron chi connectivity index (χ0n) is 14.7. The highest BCUT2D eigenvalue weighted by Crippen LogP contribution is 2.39. The molecule has 1 aliphatic heterocycles. The van der Waals surface area contributed by atoms with Gasteiger partial charge in [0.25, 0.3) is 0 Å². The number of carbonyl (C=O) groups is 4. The Labute approximate surface area is 160 Å². The first-order chi connectivity index (χ1) is 12.3. The van der Waals surface area contributed by atoms with E-state index < -0.39 is 29.9 Å². The van der Waals surface area contributed by atoms with Crippen molar-refractivity contribution in [2.24, 2.45) is 0 Å². The summed E-state index contributed by atoms with van der Waals surface area (Å²) in [6, 6.07) is -2.17. The summed E-state index contributed by atoms with van der Waals surface area (Å²) < 4.78 is 0. The van der Waals surface area contributed by atoms with E-state index in [0.29, 0.717) is 11.7 Å². The molecule has 1 rings (SSSR count). The topological polar surface area (TPSA) is 133 Å². The van der Waals surface area contributed by atoms with Crippen molar-refractivity contribution < 1.29 is 29.4 Å². The van der Waals surface area contributed by atoms with Crippen LogP contribution in [0.1, 0.15) is 51.9 Å². The van der Waals surface area contributed by atoms with Crippen molar-refractivity contribution in [3.8, 4) is 0 Å². The highest BCUT2D eigenvalue weighted by atomic mass is 33.1. The highest BCUT2D eigenvalue weighted by molar-refractivity contribution is 8.77. The minimum Gasteiger partial charge on any atom is -0.481 e. The lowest BCUT2D eigenvalue weighted by Gasteiger charge is -2.19. The molecule has 10 heteroatoms. The van der Waals surface area contributed by atoms with Gasteiger partial charge >= 0.3 is 11.9 Å². The third-order valence-corrected chi connectivity index (χ3v) is 6.94. The number of amides is 2. The van der Waals surface area contributed by atoms with Gasteiger partial charge in [0.2, 0.25) is 11.8 Å². The van der Waals surface area contributed by atoms with Crippen molar-refractivity contribution >= 4 is 45.3 Å². The average Bonchev–Trinajstić information content (AvgIpc) is 3.08. The Morgan fingerprint density at radius 3 is 2.42 bits per heavy atom. The van der Waals surface area contributed by atoms with E-state index in [1.165, 1.54) is 19.1 Å². The summed E-state index contributed by atoms with van der Waals surface area (Å²) in [5.74, 6) is -2.13. The predicted molar refractivity (Wildman–Crippen MR) is 101 cm³/mol. The van der Waals surface area contributed by atoms with Crippen LogP contribution >= 0.6 is 21.6 Å². The molecule has 0 aromatic carbocycles. The maximum atomic E-state index is 12.1. The molecule has 1 aliphatic rings. The summed E-state index contributed by atoms with van der Waals surface area (Å²) in [4.78, 5) is 45.7. The minimum atomic E-state index is -1.20. The summed E-state index contributed by atoms with van der Waals surface area (Å²) in [6.45, 7) is 1.30. The largest absolute Gasteiger partial charge is 0.481 e. The third kappa shape index (κ3) is 9.33. The molecular weight excluding hydrogens is 380 g/mol. The first-order valence-corrected chi connectivity index (χ1v) is 11.0. The van der Waals surface area contributed by atoms with Crippen molar-refractivity contribution in [2.45, 2.75) is 69.2 Å². The van der Waals surface area contributed by atoms with Gasteiger partial charge in [-0.2, -0.15) is 0 Å². The SMILES string of the molecule is CC(NC(=O)[C@H](CCC(=O)O)NC(=O)CCCCC1CCSS1)C(=O)O. The molecule has 148 valence electrons. The van der Waals surface area contributed by atoms with Gasteiger partial charge in [0, 0.05) is 23.8 Å². The van der Waals surface area contributed by atoms with E-state index in [9.17, 15) is 19.2 Å². The number of carbonyl (C=O) groups excluding carboxylic acids is 2. The molecule has 0 saturated carbocycles. The zero-order valence-corrected chi connectivity index (χ0v) is 16.4. The van der Waals surface area contributed by atoms with Gasteiger partial charge in [0.15, 0.2) is 0 Å². The maximum Gasteiger partial charge on any atom is 0.325 e. The second-order valence-electron chi connectivity index (χ2n) is 6.20. The second kappa shape index (κ2) is 12.1. The molecule has 3 atom stereocenters. The molecule has 2 unspecified atom stereocenters. The minimum absolute atomic E-state index is 0.0881. The Bertz CT molecular complexity index is 511. The fourth-order valence-electron chi connectivity index (χ4n) is 2.40. The van der Waals surface area contributed by atoms with E-state index in [2.05, 4.69) is 10.6 Å². The van der Waals surface area contributed by atoms with Crippen LogP contribution in [0.2, 0.25) is 0 Å². The summed E-state index contributed by atoms with van der Waals surface area (Å²) in [5, 5.41) is 23.1. The maximum absolute atomic E-state index is 12.1. The molecule has 26 heavy (non-hydrogen) atoms. The van der Waals surface area contributed by atoms with Crippen molar-refractivity contribution in [3.05, 3.63) is 0 Å². The molecule has 0 spiro atoms. The summed E-state index contributed by atoms with van der Waals surface area (Å²) in [7, 11) is 3.77. The monoisotopic (exact) mass is 406 g/mol. The van der Waals surface area contributed by atoms with Crippen molar-refractivity contribution in [3.63, 3.8) is 0 Å². The van der Waals surface area contributed by atoms with Crippen molar-refractivity contribution in [1.82, 2.24) is 10.6 Å². The van der Waals surface area contributed by atoms with Gasteiger partial charge in [0.05, 0.1) is 0 Å². The number of carboxylic acids is 2. The Kier molecular flexibility index (Phi) is 10.5. The summed E-state index contributed by atoms with van der Waals surface area (Å²) in [6.07, 6.45) is 3.76. The van der Waals surface area contributed by atoms with Crippen LogP contribution in [-0.2, 0) is 19.2 Å². The van der Waals surface area contributed by atoms with Crippen LogP contribution in [0.25, 0.3) is 0 Å². The first kappa shape index (κ1) is 22.6. The number of rotatable bonds is 12. The second-order valence-corrected chi connectivity index (χ2v) is 8.98. The Morgan fingerprint density at radius 1 is 1.12 bits per heavy atom. The van der Waals surface area contributed by atoms with Crippen molar-refractivity contribution in [1.29, 1.82) is 0 Å². The summed E-state index contributed by atoms with van der Waals surface area (Å²) >= 11 is 0. The van der Waals surface area contributed by atoms with Crippen LogP contribution < -0.4 is 10.6 Å². The molecule has 0 aromatic rings. The molecule has 2 amide bonds. The molecule has 4 N–H and O–H groups in total. The lowest BCUT2D eigenvalue weighted by atomic mass is 10.1. The van der Waals surface area contributed by atoms with E-state index in [4.69, 9.17) is 10.2 Å². The van der Waals surface area contributed by atoms with E-state index in [1.54, 1.807) is 0 Å². The first-order valence-electron chi connectivity index (χ1n) is 8.62. The lowest BCUT2D eigenvalue weighted by Crippen LogP contribution is -2.50. The van der Waals surface area contributed by atoms with Crippen LogP contribution in [0.4, 0.5) is 0 Å². The number of nitrogens with one attached hydrogen (secondary N) is 2. The van der Waals surface area contributed by atoms with Gasteiger partial charge in [-0.05, 0) is 32.6 Å². The average molecular weight is 407 g/mol. The van der Waals surface area contributed by atoms with Gasteiger partial charge < -0.3 is 20.8 Å². The van der Waals surface area contributed by atoms with Crippen LogP contribution in [0.5, 0.6) is 0 Å².